The minimum Gasteiger partial charge on any atom is -0.456 e. The summed E-state index contributed by atoms with van der Waals surface area (Å²) in [7, 11) is 0. The van der Waals surface area contributed by atoms with Crippen molar-refractivity contribution in [2.24, 2.45) is 0 Å². The standard InChI is InChI=1S/C53H34N2O/c1-3-14-36(15-4-1)52-54-48(34-49(55-52)39-28-31-51-45(33-39)44-22-9-12-25-50(44)56-51)38-17-13-16-37(32-38)35-26-29-41(30-27-35)53(40-18-5-2-6-19-40)46-23-10-7-20-42(46)43-21-8-11-24-47(43)53/h1-34H. The van der Waals surface area contributed by atoms with Gasteiger partial charge in [-0.25, -0.2) is 9.97 Å². The summed E-state index contributed by atoms with van der Waals surface area (Å²) in [4.78, 5) is 10.3. The average Bonchev–Trinajstić information content (AvgIpc) is 3.81. The van der Waals surface area contributed by atoms with E-state index in [4.69, 9.17) is 14.4 Å². The first-order valence-electron chi connectivity index (χ1n) is 19.1. The van der Waals surface area contributed by atoms with E-state index in [1.54, 1.807) is 0 Å². The lowest BCUT2D eigenvalue weighted by atomic mass is 9.67. The summed E-state index contributed by atoms with van der Waals surface area (Å²) in [5, 5.41) is 2.17. The molecule has 262 valence electrons. The molecule has 0 spiro atoms. The quantitative estimate of drug-likeness (QED) is 0.172. The Morgan fingerprint density at radius 3 is 1.61 bits per heavy atom. The van der Waals surface area contributed by atoms with Crippen LogP contribution in [0.25, 0.3) is 78.1 Å². The number of benzene rings is 8. The molecule has 0 aliphatic heterocycles. The first-order valence-corrected chi connectivity index (χ1v) is 19.1. The SMILES string of the molecule is c1ccc(-c2nc(-c3cccc(-c4ccc(C5(c6ccccc6)c6ccccc6-c6ccccc65)cc4)c3)cc(-c3ccc4oc5ccccc5c4c3)n2)cc1. The number of furan rings is 1. The van der Waals surface area contributed by atoms with Gasteiger partial charge in [-0.15, -0.1) is 0 Å². The minimum absolute atomic E-state index is 0.425. The van der Waals surface area contributed by atoms with Crippen LogP contribution >= 0.6 is 0 Å². The third kappa shape index (κ3) is 5.05. The van der Waals surface area contributed by atoms with E-state index >= 15 is 0 Å². The van der Waals surface area contributed by atoms with Crippen molar-refractivity contribution in [2.75, 3.05) is 0 Å². The molecule has 0 N–H and O–H groups in total. The van der Waals surface area contributed by atoms with Gasteiger partial charge in [0, 0.05) is 27.5 Å². The van der Waals surface area contributed by atoms with Crippen molar-refractivity contribution in [3.8, 4) is 56.2 Å². The summed E-state index contributed by atoms with van der Waals surface area (Å²) >= 11 is 0. The first-order chi connectivity index (χ1) is 27.7. The van der Waals surface area contributed by atoms with E-state index in [2.05, 4.69) is 170 Å². The number of aromatic nitrogens is 2. The van der Waals surface area contributed by atoms with Crippen molar-refractivity contribution in [2.45, 2.75) is 5.41 Å². The van der Waals surface area contributed by atoms with Crippen LogP contribution in [0.15, 0.2) is 211 Å². The van der Waals surface area contributed by atoms with Crippen LogP contribution in [0.3, 0.4) is 0 Å². The Balaban J connectivity index is 1.02. The Bertz CT molecular complexity index is 3030. The molecule has 0 saturated carbocycles. The molecule has 3 heteroatoms. The maximum atomic E-state index is 6.15. The zero-order chi connectivity index (χ0) is 37.1. The van der Waals surface area contributed by atoms with E-state index in [0.717, 1.165) is 61.1 Å². The summed E-state index contributed by atoms with van der Waals surface area (Å²) in [6, 6.07) is 73.4. The molecule has 8 aromatic carbocycles. The fourth-order valence-electron chi connectivity index (χ4n) is 8.83. The van der Waals surface area contributed by atoms with Crippen LogP contribution in [0.4, 0.5) is 0 Å². The van der Waals surface area contributed by atoms with Crippen molar-refractivity contribution >= 4 is 21.9 Å². The van der Waals surface area contributed by atoms with Crippen LogP contribution in [0, 0.1) is 0 Å². The topological polar surface area (TPSA) is 38.9 Å². The lowest BCUT2D eigenvalue weighted by molar-refractivity contribution is 0.669. The van der Waals surface area contributed by atoms with E-state index in [9.17, 15) is 0 Å². The van der Waals surface area contributed by atoms with Gasteiger partial charge >= 0.3 is 0 Å². The molecule has 0 atom stereocenters. The molecule has 56 heavy (non-hydrogen) atoms. The van der Waals surface area contributed by atoms with E-state index in [0.29, 0.717) is 5.82 Å². The van der Waals surface area contributed by atoms with Gasteiger partial charge in [0.25, 0.3) is 0 Å². The molecule has 10 aromatic rings. The van der Waals surface area contributed by atoms with E-state index in [1.807, 2.05) is 36.4 Å². The van der Waals surface area contributed by atoms with Gasteiger partial charge in [0.15, 0.2) is 5.82 Å². The normalized spacial score (nSPS) is 12.8. The third-order valence-corrected chi connectivity index (χ3v) is 11.4. The van der Waals surface area contributed by atoms with Crippen molar-refractivity contribution in [1.82, 2.24) is 9.97 Å². The van der Waals surface area contributed by atoms with Gasteiger partial charge < -0.3 is 4.42 Å². The summed E-state index contributed by atoms with van der Waals surface area (Å²) < 4.78 is 6.15. The molecule has 0 saturated heterocycles. The van der Waals surface area contributed by atoms with Crippen LogP contribution in [-0.2, 0) is 5.41 Å². The van der Waals surface area contributed by atoms with Crippen LogP contribution in [-0.4, -0.2) is 9.97 Å². The van der Waals surface area contributed by atoms with Crippen molar-refractivity contribution in [1.29, 1.82) is 0 Å². The highest BCUT2D eigenvalue weighted by atomic mass is 16.3. The zero-order valence-corrected chi connectivity index (χ0v) is 30.4. The predicted molar refractivity (Wildman–Crippen MR) is 228 cm³/mol. The Morgan fingerprint density at radius 1 is 0.339 bits per heavy atom. The Hall–Kier alpha value is -7.36. The third-order valence-electron chi connectivity index (χ3n) is 11.4. The smallest absolute Gasteiger partial charge is 0.160 e. The van der Waals surface area contributed by atoms with E-state index in [1.165, 1.54) is 33.4 Å². The highest BCUT2D eigenvalue weighted by molar-refractivity contribution is 6.06. The molecule has 2 aromatic heterocycles. The molecular formula is C53H34N2O. The zero-order valence-electron chi connectivity index (χ0n) is 30.4. The van der Waals surface area contributed by atoms with Gasteiger partial charge in [-0.2, -0.15) is 0 Å². The van der Waals surface area contributed by atoms with Crippen molar-refractivity contribution in [3.63, 3.8) is 0 Å². The molecule has 0 unspecified atom stereocenters. The van der Waals surface area contributed by atoms with Crippen LogP contribution in [0.1, 0.15) is 22.3 Å². The monoisotopic (exact) mass is 714 g/mol. The van der Waals surface area contributed by atoms with Gasteiger partial charge in [0.2, 0.25) is 0 Å². The Morgan fingerprint density at radius 2 is 0.875 bits per heavy atom. The second-order valence-electron chi connectivity index (χ2n) is 14.5. The second kappa shape index (κ2) is 12.9. The molecule has 1 aliphatic carbocycles. The molecule has 0 fully saturated rings. The van der Waals surface area contributed by atoms with E-state index in [-0.39, 0.29) is 0 Å². The van der Waals surface area contributed by atoms with Crippen molar-refractivity contribution in [3.05, 3.63) is 229 Å². The number of nitrogens with zero attached hydrogens (tertiary/aromatic N) is 2. The molecule has 0 bridgehead atoms. The van der Waals surface area contributed by atoms with Crippen LogP contribution in [0.5, 0.6) is 0 Å². The van der Waals surface area contributed by atoms with Gasteiger partial charge in [0.1, 0.15) is 11.2 Å². The first kappa shape index (κ1) is 32.1. The fourth-order valence-corrected chi connectivity index (χ4v) is 8.83. The van der Waals surface area contributed by atoms with E-state index < -0.39 is 5.41 Å². The highest BCUT2D eigenvalue weighted by Gasteiger charge is 2.45. The number of rotatable bonds is 6. The largest absolute Gasteiger partial charge is 0.456 e. The van der Waals surface area contributed by atoms with Crippen molar-refractivity contribution < 1.29 is 4.42 Å². The molecule has 0 radical (unpaired) electrons. The fraction of sp³-hybridized carbons (Fsp3) is 0.0189. The van der Waals surface area contributed by atoms with Gasteiger partial charge in [-0.1, -0.05) is 170 Å². The molecule has 2 heterocycles. The number of hydrogen-bond acceptors (Lipinski definition) is 3. The molecular weight excluding hydrogens is 681 g/mol. The maximum absolute atomic E-state index is 6.15. The highest BCUT2D eigenvalue weighted by Crippen LogP contribution is 2.56. The Labute approximate surface area is 325 Å². The number of fused-ring (bicyclic) bond motifs is 6. The summed E-state index contributed by atoms with van der Waals surface area (Å²) in [6.45, 7) is 0. The molecule has 0 amide bonds. The predicted octanol–water partition coefficient (Wildman–Crippen LogP) is 13.4. The lowest BCUT2D eigenvalue weighted by Gasteiger charge is -2.34. The maximum Gasteiger partial charge on any atom is 0.160 e. The summed E-state index contributed by atoms with van der Waals surface area (Å²) in [6.07, 6.45) is 0. The summed E-state index contributed by atoms with van der Waals surface area (Å²) in [5.74, 6) is 0.688. The van der Waals surface area contributed by atoms with Crippen LogP contribution < -0.4 is 0 Å². The average molecular weight is 715 g/mol. The van der Waals surface area contributed by atoms with Crippen LogP contribution in [0.2, 0.25) is 0 Å². The molecule has 1 aliphatic rings. The van der Waals surface area contributed by atoms with Gasteiger partial charge in [-0.05, 0) is 80.9 Å². The Kier molecular flexibility index (Phi) is 7.39. The minimum atomic E-state index is -0.425. The lowest BCUT2D eigenvalue weighted by Crippen LogP contribution is -2.28. The summed E-state index contributed by atoms with van der Waals surface area (Å²) in [5.41, 5.74) is 16.1. The molecule has 11 rings (SSSR count). The number of hydrogen-bond donors (Lipinski definition) is 0. The molecule has 3 nitrogen and oxygen atoms in total. The van der Waals surface area contributed by atoms with Gasteiger partial charge in [0.05, 0.1) is 16.8 Å². The van der Waals surface area contributed by atoms with Gasteiger partial charge in [-0.3, -0.25) is 0 Å². The number of para-hydroxylation sites is 1. The second-order valence-corrected chi connectivity index (χ2v) is 14.5.